The Morgan fingerprint density at radius 1 is 1.40 bits per heavy atom. The van der Waals surface area contributed by atoms with Crippen molar-refractivity contribution in [3.8, 4) is 0 Å². The third-order valence-corrected chi connectivity index (χ3v) is 2.85. The zero-order valence-electron chi connectivity index (χ0n) is 9.87. The molecule has 0 aliphatic rings. The number of carbonyl (C=O) groups is 2. The van der Waals surface area contributed by atoms with Crippen LogP contribution in [-0.4, -0.2) is 23.7 Å². The topological polar surface area (TPSA) is 63.6 Å². The predicted molar refractivity (Wildman–Crippen MR) is 56.4 cm³/mol. The molecule has 4 heteroatoms. The van der Waals surface area contributed by atoms with Gasteiger partial charge in [0.05, 0.1) is 6.61 Å². The van der Waals surface area contributed by atoms with Gasteiger partial charge in [-0.05, 0) is 26.2 Å². The fourth-order valence-corrected chi connectivity index (χ4v) is 1.50. The highest BCUT2D eigenvalue weighted by atomic mass is 16.5. The summed E-state index contributed by atoms with van der Waals surface area (Å²) < 4.78 is 4.82. The van der Waals surface area contributed by atoms with Gasteiger partial charge in [-0.2, -0.15) is 0 Å². The van der Waals surface area contributed by atoms with Crippen molar-refractivity contribution in [1.29, 1.82) is 0 Å². The Labute approximate surface area is 90.6 Å². The first-order valence-electron chi connectivity index (χ1n) is 5.31. The van der Waals surface area contributed by atoms with Crippen LogP contribution < -0.4 is 0 Å². The number of aliphatic carboxylic acids is 1. The van der Waals surface area contributed by atoms with Crippen LogP contribution in [0.3, 0.4) is 0 Å². The summed E-state index contributed by atoms with van der Waals surface area (Å²) in [5, 5.41) is 9.13. The van der Waals surface area contributed by atoms with Crippen molar-refractivity contribution in [3.63, 3.8) is 0 Å². The van der Waals surface area contributed by atoms with Gasteiger partial charge >= 0.3 is 11.9 Å². The van der Waals surface area contributed by atoms with Gasteiger partial charge in [0.2, 0.25) is 0 Å². The van der Waals surface area contributed by atoms with Gasteiger partial charge in [0.25, 0.3) is 0 Å². The van der Waals surface area contributed by atoms with E-state index >= 15 is 0 Å². The molecule has 0 spiro atoms. The molecule has 0 aliphatic heterocycles. The summed E-state index contributed by atoms with van der Waals surface area (Å²) in [5.41, 5.74) is -1.42. The van der Waals surface area contributed by atoms with Gasteiger partial charge in [-0.1, -0.05) is 20.3 Å². The lowest BCUT2D eigenvalue weighted by Gasteiger charge is -2.28. The number of esters is 1. The van der Waals surface area contributed by atoms with Gasteiger partial charge in [0.1, 0.15) is 0 Å². The molecule has 0 saturated carbocycles. The molecule has 0 fully saturated rings. The van der Waals surface area contributed by atoms with Crippen LogP contribution in [0.1, 0.15) is 40.5 Å². The number of rotatable bonds is 6. The number of hydrogen-bond acceptors (Lipinski definition) is 3. The minimum Gasteiger partial charge on any atom is -0.480 e. The predicted octanol–water partition coefficient (Wildman–Crippen LogP) is 2.08. The van der Waals surface area contributed by atoms with E-state index in [0.29, 0.717) is 6.42 Å². The monoisotopic (exact) mass is 216 g/mol. The maximum absolute atomic E-state index is 11.6. The number of hydrogen-bond donors (Lipinski definition) is 1. The lowest BCUT2D eigenvalue weighted by atomic mass is 9.76. The van der Waals surface area contributed by atoms with Crippen molar-refractivity contribution in [2.45, 2.75) is 40.5 Å². The summed E-state index contributed by atoms with van der Waals surface area (Å²) >= 11 is 0. The molecule has 0 heterocycles. The zero-order valence-corrected chi connectivity index (χ0v) is 9.87. The second kappa shape index (κ2) is 5.73. The maximum Gasteiger partial charge on any atom is 0.323 e. The third kappa shape index (κ3) is 2.94. The van der Waals surface area contributed by atoms with E-state index in [9.17, 15) is 9.59 Å². The largest absolute Gasteiger partial charge is 0.480 e. The molecule has 0 rings (SSSR count). The van der Waals surface area contributed by atoms with Crippen LogP contribution in [0.2, 0.25) is 0 Å². The Kier molecular flexibility index (Phi) is 5.33. The molecular weight excluding hydrogens is 196 g/mol. The molecular formula is C11H20O4. The molecule has 0 aromatic carbocycles. The minimum atomic E-state index is -1.42. The first-order chi connectivity index (χ1) is 6.91. The first-order valence-corrected chi connectivity index (χ1v) is 5.31. The Morgan fingerprint density at radius 2 is 1.93 bits per heavy atom. The van der Waals surface area contributed by atoms with Crippen LogP contribution in [0.5, 0.6) is 0 Å². The van der Waals surface area contributed by atoms with Crippen LogP contribution in [0.25, 0.3) is 0 Å². The molecule has 0 aromatic heterocycles. The van der Waals surface area contributed by atoms with E-state index in [2.05, 4.69) is 0 Å². The Bertz CT molecular complexity index is 237. The van der Waals surface area contributed by atoms with Gasteiger partial charge in [-0.15, -0.1) is 0 Å². The highest BCUT2D eigenvalue weighted by Gasteiger charge is 2.47. The van der Waals surface area contributed by atoms with Crippen LogP contribution in [0, 0.1) is 11.3 Å². The number of carboxylic acids is 1. The molecule has 15 heavy (non-hydrogen) atoms. The summed E-state index contributed by atoms with van der Waals surface area (Å²) in [6.07, 6.45) is 1.55. The highest BCUT2D eigenvalue weighted by Crippen LogP contribution is 2.32. The molecule has 2 atom stereocenters. The Hall–Kier alpha value is -1.06. The fraction of sp³-hybridized carbons (Fsp3) is 0.818. The summed E-state index contributed by atoms with van der Waals surface area (Å²) in [5.74, 6) is -1.97. The lowest BCUT2D eigenvalue weighted by Crippen LogP contribution is -2.43. The van der Waals surface area contributed by atoms with E-state index < -0.39 is 17.4 Å². The fourth-order valence-electron chi connectivity index (χ4n) is 1.50. The van der Waals surface area contributed by atoms with Crippen LogP contribution >= 0.6 is 0 Å². The maximum atomic E-state index is 11.6. The molecule has 0 aromatic rings. The summed E-state index contributed by atoms with van der Waals surface area (Å²) in [6.45, 7) is 7.05. The lowest BCUT2D eigenvalue weighted by molar-refractivity contribution is -0.171. The summed E-state index contributed by atoms with van der Waals surface area (Å²) in [7, 11) is 0. The number of ether oxygens (including phenoxy) is 1. The first kappa shape index (κ1) is 13.9. The van der Waals surface area contributed by atoms with Crippen molar-refractivity contribution in [2.24, 2.45) is 11.3 Å². The van der Waals surface area contributed by atoms with E-state index in [0.717, 1.165) is 6.42 Å². The molecule has 4 nitrogen and oxygen atoms in total. The summed E-state index contributed by atoms with van der Waals surface area (Å²) in [6, 6.07) is 0. The van der Waals surface area contributed by atoms with Gasteiger partial charge in [-0.25, -0.2) is 0 Å². The van der Waals surface area contributed by atoms with Crippen LogP contribution in [-0.2, 0) is 14.3 Å². The third-order valence-electron chi connectivity index (χ3n) is 2.85. The van der Waals surface area contributed by atoms with Crippen molar-refractivity contribution < 1.29 is 19.4 Å². The molecule has 0 saturated heterocycles. The van der Waals surface area contributed by atoms with Gasteiger partial charge in [0.15, 0.2) is 5.41 Å². The average molecular weight is 216 g/mol. The minimum absolute atomic E-state index is 0.209. The Morgan fingerprint density at radius 3 is 2.27 bits per heavy atom. The second-order valence-corrected chi connectivity index (χ2v) is 3.92. The van der Waals surface area contributed by atoms with Gasteiger partial charge in [-0.3, -0.25) is 9.59 Å². The standard InChI is InChI=1S/C11H20O4/c1-5-7-8(3)11(4,9(12)13)10(14)15-6-2/h8H,5-7H2,1-4H3,(H,12,13). The molecule has 1 N–H and O–H groups in total. The SMILES string of the molecule is CCCC(C)C(C)(C(=O)O)C(=O)OCC. The zero-order chi connectivity index (χ0) is 12.1. The average Bonchev–Trinajstić information content (AvgIpc) is 2.16. The van der Waals surface area contributed by atoms with E-state index in [4.69, 9.17) is 9.84 Å². The normalized spacial score (nSPS) is 16.5. The van der Waals surface area contributed by atoms with Crippen molar-refractivity contribution in [1.82, 2.24) is 0 Å². The molecule has 88 valence electrons. The quantitative estimate of drug-likeness (QED) is 0.545. The highest BCUT2D eigenvalue weighted by molar-refractivity contribution is 5.99. The molecule has 2 unspecified atom stereocenters. The molecule has 0 aliphatic carbocycles. The van der Waals surface area contributed by atoms with Crippen LogP contribution in [0.4, 0.5) is 0 Å². The van der Waals surface area contributed by atoms with Gasteiger partial charge in [0, 0.05) is 0 Å². The number of carboxylic acid groups (broad SMARTS) is 1. The van der Waals surface area contributed by atoms with E-state index in [1.54, 1.807) is 13.8 Å². The van der Waals surface area contributed by atoms with Crippen LogP contribution in [0.15, 0.2) is 0 Å². The van der Waals surface area contributed by atoms with E-state index in [1.807, 2.05) is 6.92 Å². The smallest absolute Gasteiger partial charge is 0.323 e. The number of carbonyl (C=O) groups excluding carboxylic acids is 1. The van der Waals surface area contributed by atoms with E-state index in [-0.39, 0.29) is 12.5 Å². The molecule has 0 radical (unpaired) electrons. The summed E-state index contributed by atoms with van der Waals surface area (Å²) in [4.78, 5) is 22.8. The molecule has 0 bridgehead atoms. The van der Waals surface area contributed by atoms with Crippen molar-refractivity contribution in [2.75, 3.05) is 6.61 Å². The van der Waals surface area contributed by atoms with Gasteiger partial charge < -0.3 is 9.84 Å². The van der Waals surface area contributed by atoms with E-state index in [1.165, 1.54) is 6.92 Å². The molecule has 0 amide bonds. The van der Waals surface area contributed by atoms with Crippen molar-refractivity contribution >= 4 is 11.9 Å². The van der Waals surface area contributed by atoms with Crippen molar-refractivity contribution in [3.05, 3.63) is 0 Å². The Balaban J connectivity index is 4.88. The second-order valence-electron chi connectivity index (χ2n) is 3.92.